The summed E-state index contributed by atoms with van der Waals surface area (Å²) in [5.74, 6) is 1.16. The smallest absolute Gasteiger partial charge is 0.255 e. The molecule has 2 aliphatic heterocycles. The monoisotopic (exact) mass is 338 g/mol. The van der Waals surface area contributed by atoms with Crippen molar-refractivity contribution in [2.75, 3.05) is 23.6 Å². The van der Waals surface area contributed by atoms with Gasteiger partial charge in [-0.1, -0.05) is 0 Å². The maximum absolute atomic E-state index is 12.5. The number of amides is 2. The van der Waals surface area contributed by atoms with Gasteiger partial charge in [-0.15, -0.1) is 0 Å². The Balaban J connectivity index is 1.55. The minimum absolute atomic E-state index is 0.146. The number of aryl methyl sites for hydroxylation is 1. The first-order valence-electron chi connectivity index (χ1n) is 8.30. The van der Waals surface area contributed by atoms with E-state index < -0.39 is 0 Å². The van der Waals surface area contributed by atoms with Crippen molar-refractivity contribution in [1.82, 2.24) is 0 Å². The van der Waals surface area contributed by atoms with Gasteiger partial charge in [0.05, 0.1) is 0 Å². The van der Waals surface area contributed by atoms with Gasteiger partial charge in [0.2, 0.25) is 12.7 Å². The number of hydrogen-bond donors (Lipinski definition) is 1. The molecule has 2 amide bonds. The highest BCUT2D eigenvalue weighted by Gasteiger charge is 2.23. The van der Waals surface area contributed by atoms with E-state index in [1.165, 1.54) is 0 Å². The Kier molecular flexibility index (Phi) is 3.80. The molecule has 128 valence electrons. The molecule has 4 rings (SSSR count). The largest absolute Gasteiger partial charge is 0.454 e. The third-order valence-corrected chi connectivity index (χ3v) is 4.49. The summed E-state index contributed by atoms with van der Waals surface area (Å²) in [6.45, 7) is 2.79. The quantitative estimate of drug-likeness (QED) is 0.934. The molecule has 6 nitrogen and oxygen atoms in total. The van der Waals surface area contributed by atoms with Gasteiger partial charge in [0.15, 0.2) is 11.5 Å². The average molecular weight is 338 g/mol. The lowest BCUT2D eigenvalue weighted by molar-refractivity contribution is -0.118. The van der Waals surface area contributed by atoms with Gasteiger partial charge in [-0.05, 0) is 55.3 Å². The van der Waals surface area contributed by atoms with Crippen LogP contribution in [0.25, 0.3) is 0 Å². The lowest BCUT2D eigenvalue weighted by atomic mass is 10.0. The lowest BCUT2D eigenvalue weighted by Gasteiger charge is -2.28. The Morgan fingerprint density at radius 3 is 2.80 bits per heavy atom. The zero-order valence-corrected chi connectivity index (χ0v) is 13.9. The van der Waals surface area contributed by atoms with Crippen molar-refractivity contribution < 1.29 is 19.1 Å². The molecule has 0 radical (unpaired) electrons. The topological polar surface area (TPSA) is 67.9 Å². The van der Waals surface area contributed by atoms with E-state index in [0.29, 0.717) is 42.1 Å². The molecule has 25 heavy (non-hydrogen) atoms. The molecule has 0 saturated heterocycles. The zero-order chi connectivity index (χ0) is 17.4. The molecule has 0 aliphatic carbocycles. The molecule has 0 spiro atoms. The van der Waals surface area contributed by atoms with Gasteiger partial charge < -0.3 is 19.7 Å². The van der Waals surface area contributed by atoms with E-state index in [4.69, 9.17) is 9.47 Å². The zero-order valence-electron chi connectivity index (χ0n) is 13.9. The maximum Gasteiger partial charge on any atom is 0.255 e. The van der Waals surface area contributed by atoms with Crippen LogP contribution >= 0.6 is 0 Å². The number of hydrogen-bond acceptors (Lipinski definition) is 4. The van der Waals surface area contributed by atoms with Gasteiger partial charge in [0.25, 0.3) is 5.91 Å². The number of anilines is 2. The minimum atomic E-state index is -0.211. The fourth-order valence-electron chi connectivity index (χ4n) is 3.23. The molecule has 6 heteroatoms. The first kappa shape index (κ1) is 15.5. The van der Waals surface area contributed by atoms with Gasteiger partial charge in [-0.2, -0.15) is 0 Å². The number of benzene rings is 2. The van der Waals surface area contributed by atoms with E-state index in [9.17, 15) is 9.59 Å². The molecule has 2 aromatic rings. The van der Waals surface area contributed by atoms with Crippen molar-refractivity contribution in [1.29, 1.82) is 0 Å². The summed E-state index contributed by atoms with van der Waals surface area (Å²) in [5, 5.41) is 2.90. The Morgan fingerprint density at radius 1 is 1.12 bits per heavy atom. The van der Waals surface area contributed by atoms with Crippen LogP contribution in [-0.2, 0) is 11.2 Å². The van der Waals surface area contributed by atoms with Crippen LogP contribution in [0.15, 0.2) is 36.4 Å². The van der Waals surface area contributed by atoms with E-state index in [1.54, 1.807) is 23.1 Å². The van der Waals surface area contributed by atoms with Gasteiger partial charge in [-0.3, -0.25) is 9.59 Å². The predicted molar refractivity (Wildman–Crippen MR) is 93.3 cm³/mol. The van der Waals surface area contributed by atoms with E-state index in [2.05, 4.69) is 5.32 Å². The molecule has 0 atom stereocenters. The van der Waals surface area contributed by atoms with E-state index >= 15 is 0 Å². The third-order valence-electron chi connectivity index (χ3n) is 4.49. The van der Waals surface area contributed by atoms with E-state index in [1.807, 2.05) is 25.1 Å². The normalized spacial score (nSPS) is 15.1. The third kappa shape index (κ3) is 2.80. The number of fused-ring (bicyclic) bond motifs is 2. The van der Waals surface area contributed by atoms with E-state index in [0.717, 1.165) is 11.3 Å². The molecule has 0 bridgehead atoms. The van der Waals surface area contributed by atoms with Crippen molar-refractivity contribution in [3.05, 3.63) is 47.5 Å². The van der Waals surface area contributed by atoms with Crippen molar-refractivity contribution in [2.24, 2.45) is 0 Å². The Morgan fingerprint density at radius 2 is 1.96 bits per heavy atom. The number of nitrogens with one attached hydrogen (secondary N) is 1. The van der Waals surface area contributed by atoms with Crippen LogP contribution in [0.5, 0.6) is 11.5 Å². The minimum Gasteiger partial charge on any atom is -0.454 e. The number of ether oxygens (including phenoxy) is 2. The van der Waals surface area contributed by atoms with Crippen molar-refractivity contribution in [3.8, 4) is 11.5 Å². The summed E-state index contributed by atoms with van der Waals surface area (Å²) in [6.07, 6.45) is 1.19. The highest BCUT2D eigenvalue weighted by molar-refractivity contribution is 6.05. The van der Waals surface area contributed by atoms with Gasteiger partial charge in [-0.25, -0.2) is 0 Å². The van der Waals surface area contributed by atoms with Crippen LogP contribution in [0.1, 0.15) is 29.3 Å². The van der Waals surface area contributed by atoms with Crippen molar-refractivity contribution in [3.63, 3.8) is 0 Å². The summed E-state index contributed by atoms with van der Waals surface area (Å²) in [4.78, 5) is 26.2. The van der Waals surface area contributed by atoms with Crippen LogP contribution in [0.2, 0.25) is 0 Å². The molecule has 0 unspecified atom stereocenters. The van der Waals surface area contributed by atoms with Crippen LogP contribution in [0.4, 0.5) is 11.4 Å². The SMILES string of the molecule is CCN1C(=O)CCc2cc(NC(=O)c3ccc4c(c3)OCO4)ccc21. The van der Waals surface area contributed by atoms with Crippen LogP contribution in [0.3, 0.4) is 0 Å². The second kappa shape index (κ2) is 6.12. The summed E-state index contributed by atoms with van der Waals surface area (Å²) in [6, 6.07) is 10.8. The van der Waals surface area contributed by atoms with Crippen LogP contribution < -0.4 is 19.7 Å². The van der Waals surface area contributed by atoms with Crippen LogP contribution in [0, 0.1) is 0 Å². The molecular formula is C19H18N2O4. The second-order valence-corrected chi connectivity index (χ2v) is 6.00. The molecule has 0 aromatic heterocycles. The fraction of sp³-hybridized carbons (Fsp3) is 0.263. The van der Waals surface area contributed by atoms with Crippen molar-refractivity contribution >= 4 is 23.2 Å². The molecule has 2 aliphatic rings. The molecule has 0 fully saturated rings. The number of nitrogens with zero attached hydrogens (tertiary/aromatic N) is 1. The summed E-state index contributed by atoms with van der Waals surface area (Å²) in [7, 11) is 0. The predicted octanol–water partition coefficient (Wildman–Crippen LogP) is 2.97. The summed E-state index contributed by atoms with van der Waals surface area (Å²) in [5.41, 5.74) is 3.23. The molecule has 2 aromatic carbocycles. The summed E-state index contributed by atoms with van der Waals surface area (Å²) >= 11 is 0. The average Bonchev–Trinajstić information content (AvgIpc) is 3.09. The Hall–Kier alpha value is -3.02. The van der Waals surface area contributed by atoms with Gasteiger partial charge >= 0.3 is 0 Å². The van der Waals surface area contributed by atoms with Gasteiger partial charge in [0, 0.05) is 29.9 Å². The Bertz CT molecular complexity index is 862. The number of carbonyl (C=O) groups is 2. The standard InChI is InChI=1S/C19H18N2O4/c1-2-21-15-6-5-14(9-12(15)4-8-18(21)22)20-19(23)13-3-7-16-17(10-13)25-11-24-16/h3,5-7,9-10H,2,4,8,11H2,1H3,(H,20,23). The highest BCUT2D eigenvalue weighted by Crippen LogP contribution is 2.33. The second-order valence-electron chi connectivity index (χ2n) is 6.00. The van der Waals surface area contributed by atoms with Gasteiger partial charge in [0.1, 0.15) is 0 Å². The maximum atomic E-state index is 12.5. The fourth-order valence-corrected chi connectivity index (χ4v) is 3.23. The van der Waals surface area contributed by atoms with E-state index in [-0.39, 0.29) is 18.6 Å². The number of rotatable bonds is 3. The highest BCUT2D eigenvalue weighted by atomic mass is 16.7. The first-order chi connectivity index (χ1) is 12.2. The number of carbonyl (C=O) groups excluding carboxylic acids is 2. The first-order valence-corrected chi connectivity index (χ1v) is 8.30. The lowest BCUT2D eigenvalue weighted by Crippen LogP contribution is -2.34. The Labute approximate surface area is 145 Å². The van der Waals surface area contributed by atoms with Crippen molar-refractivity contribution in [2.45, 2.75) is 19.8 Å². The van der Waals surface area contributed by atoms with Crippen LogP contribution in [-0.4, -0.2) is 25.2 Å². The molecule has 1 N–H and O–H groups in total. The molecule has 2 heterocycles. The summed E-state index contributed by atoms with van der Waals surface area (Å²) < 4.78 is 10.6. The molecular weight excluding hydrogens is 320 g/mol. The molecule has 0 saturated carbocycles.